The molecule has 1 aromatic carbocycles. The van der Waals surface area contributed by atoms with E-state index < -0.39 is 0 Å². The Bertz CT molecular complexity index is 379. The minimum absolute atomic E-state index is 0.322. The van der Waals surface area contributed by atoms with Crippen LogP contribution in [0.3, 0.4) is 0 Å². The van der Waals surface area contributed by atoms with Gasteiger partial charge in [0.25, 0.3) is 0 Å². The van der Waals surface area contributed by atoms with Crippen molar-refractivity contribution in [2.75, 3.05) is 6.54 Å². The minimum atomic E-state index is 0.322. The highest BCUT2D eigenvalue weighted by Crippen LogP contribution is 2.32. The van der Waals surface area contributed by atoms with Crippen LogP contribution >= 0.6 is 23.2 Å². The third-order valence-electron chi connectivity index (χ3n) is 3.59. The molecule has 114 valence electrons. The molecule has 1 rings (SSSR count). The summed E-state index contributed by atoms with van der Waals surface area (Å²) in [5.74, 6) is 0. The van der Waals surface area contributed by atoms with Crippen molar-refractivity contribution in [3.05, 3.63) is 33.8 Å². The second kappa shape index (κ2) is 10.5. The van der Waals surface area contributed by atoms with E-state index in [1.54, 1.807) is 0 Å². The van der Waals surface area contributed by atoms with Crippen LogP contribution in [0.25, 0.3) is 0 Å². The van der Waals surface area contributed by atoms with Gasteiger partial charge in [0.05, 0.1) is 10.0 Å². The van der Waals surface area contributed by atoms with Gasteiger partial charge >= 0.3 is 0 Å². The SMILES string of the molecule is CCCCCCCC(NCCC)c1cccc(Cl)c1Cl. The summed E-state index contributed by atoms with van der Waals surface area (Å²) in [4.78, 5) is 0. The van der Waals surface area contributed by atoms with Gasteiger partial charge in [0.2, 0.25) is 0 Å². The second-order valence-electron chi connectivity index (χ2n) is 5.35. The molecule has 0 aliphatic carbocycles. The van der Waals surface area contributed by atoms with E-state index in [0.717, 1.165) is 24.9 Å². The Balaban J connectivity index is 2.61. The van der Waals surface area contributed by atoms with Gasteiger partial charge in [0.15, 0.2) is 0 Å². The van der Waals surface area contributed by atoms with Crippen molar-refractivity contribution in [3.8, 4) is 0 Å². The summed E-state index contributed by atoms with van der Waals surface area (Å²) in [7, 11) is 0. The van der Waals surface area contributed by atoms with Crippen LogP contribution in [0, 0.1) is 0 Å². The maximum Gasteiger partial charge on any atom is 0.0640 e. The van der Waals surface area contributed by atoms with Gasteiger partial charge in [-0.3, -0.25) is 0 Å². The Morgan fingerprint density at radius 1 is 1.00 bits per heavy atom. The first kappa shape index (κ1) is 17.8. The second-order valence-corrected chi connectivity index (χ2v) is 6.14. The average molecular weight is 316 g/mol. The number of hydrogen-bond acceptors (Lipinski definition) is 1. The van der Waals surface area contributed by atoms with Gasteiger partial charge < -0.3 is 5.32 Å². The first-order valence-corrected chi connectivity index (χ1v) is 8.63. The van der Waals surface area contributed by atoms with Gasteiger partial charge in [-0.1, -0.05) is 81.3 Å². The molecule has 0 saturated carbocycles. The highest BCUT2D eigenvalue weighted by Gasteiger charge is 2.15. The number of hydrogen-bond donors (Lipinski definition) is 1. The number of unbranched alkanes of at least 4 members (excludes halogenated alkanes) is 4. The van der Waals surface area contributed by atoms with Crippen LogP contribution in [0.5, 0.6) is 0 Å². The first-order chi connectivity index (χ1) is 9.70. The molecule has 20 heavy (non-hydrogen) atoms. The van der Waals surface area contributed by atoms with E-state index >= 15 is 0 Å². The smallest absolute Gasteiger partial charge is 0.0640 e. The van der Waals surface area contributed by atoms with Crippen molar-refractivity contribution in [1.29, 1.82) is 0 Å². The number of halogens is 2. The zero-order valence-electron chi connectivity index (χ0n) is 12.7. The monoisotopic (exact) mass is 315 g/mol. The molecule has 3 heteroatoms. The van der Waals surface area contributed by atoms with Crippen LogP contribution in [-0.2, 0) is 0 Å². The normalized spacial score (nSPS) is 12.6. The fourth-order valence-corrected chi connectivity index (χ4v) is 2.87. The molecule has 0 fully saturated rings. The van der Waals surface area contributed by atoms with Crippen molar-refractivity contribution in [2.24, 2.45) is 0 Å². The maximum absolute atomic E-state index is 6.36. The summed E-state index contributed by atoms with van der Waals surface area (Å²) in [6.07, 6.45) is 8.76. The lowest BCUT2D eigenvalue weighted by Gasteiger charge is -2.20. The lowest BCUT2D eigenvalue weighted by atomic mass is 9.99. The predicted molar refractivity (Wildman–Crippen MR) is 90.9 cm³/mol. The van der Waals surface area contributed by atoms with Crippen LogP contribution in [-0.4, -0.2) is 6.54 Å². The Kier molecular flexibility index (Phi) is 9.33. The molecule has 0 heterocycles. The average Bonchev–Trinajstić information content (AvgIpc) is 2.45. The Hall–Kier alpha value is -0.240. The largest absolute Gasteiger partial charge is 0.310 e. The molecule has 0 spiro atoms. The van der Waals surface area contributed by atoms with Gasteiger partial charge in [0.1, 0.15) is 0 Å². The third-order valence-corrected chi connectivity index (χ3v) is 4.43. The van der Waals surface area contributed by atoms with Gasteiger partial charge in [-0.25, -0.2) is 0 Å². The van der Waals surface area contributed by atoms with Gasteiger partial charge in [-0.15, -0.1) is 0 Å². The maximum atomic E-state index is 6.36. The van der Waals surface area contributed by atoms with E-state index in [1.807, 2.05) is 12.1 Å². The molecule has 1 nitrogen and oxygen atoms in total. The summed E-state index contributed by atoms with van der Waals surface area (Å²) in [5.41, 5.74) is 1.14. The van der Waals surface area contributed by atoms with E-state index in [0.29, 0.717) is 16.1 Å². The molecular weight excluding hydrogens is 289 g/mol. The van der Waals surface area contributed by atoms with E-state index in [9.17, 15) is 0 Å². The van der Waals surface area contributed by atoms with E-state index in [1.165, 1.54) is 32.1 Å². The van der Waals surface area contributed by atoms with Crippen molar-refractivity contribution in [3.63, 3.8) is 0 Å². The van der Waals surface area contributed by atoms with Crippen molar-refractivity contribution >= 4 is 23.2 Å². The van der Waals surface area contributed by atoms with E-state index in [4.69, 9.17) is 23.2 Å². The molecule has 0 aromatic heterocycles. The predicted octanol–water partition coefficient (Wildman–Crippen LogP) is 6.39. The van der Waals surface area contributed by atoms with Crippen LogP contribution in [0.15, 0.2) is 18.2 Å². The highest BCUT2D eigenvalue weighted by atomic mass is 35.5. The fraction of sp³-hybridized carbons (Fsp3) is 0.647. The van der Waals surface area contributed by atoms with Crippen LogP contribution in [0.1, 0.15) is 70.4 Å². The van der Waals surface area contributed by atoms with Gasteiger partial charge in [0, 0.05) is 6.04 Å². The van der Waals surface area contributed by atoms with Crippen LogP contribution in [0.4, 0.5) is 0 Å². The van der Waals surface area contributed by atoms with Crippen LogP contribution in [0.2, 0.25) is 10.0 Å². The van der Waals surface area contributed by atoms with Gasteiger partial charge in [-0.05, 0) is 31.0 Å². The molecule has 0 bridgehead atoms. The molecule has 1 atom stereocenters. The van der Waals surface area contributed by atoms with Crippen molar-refractivity contribution in [1.82, 2.24) is 5.32 Å². The summed E-state index contributed by atoms with van der Waals surface area (Å²) in [6.45, 7) is 5.45. The van der Waals surface area contributed by atoms with Crippen molar-refractivity contribution < 1.29 is 0 Å². The van der Waals surface area contributed by atoms with E-state index in [2.05, 4.69) is 25.2 Å². The molecule has 1 aromatic rings. The fourth-order valence-electron chi connectivity index (χ4n) is 2.43. The van der Waals surface area contributed by atoms with Gasteiger partial charge in [-0.2, -0.15) is 0 Å². The molecule has 1 N–H and O–H groups in total. The minimum Gasteiger partial charge on any atom is -0.310 e. The molecule has 0 aliphatic rings. The summed E-state index contributed by atoms with van der Waals surface area (Å²) in [5, 5.41) is 4.96. The molecule has 0 amide bonds. The molecule has 0 aliphatic heterocycles. The first-order valence-electron chi connectivity index (χ1n) is 7.88. The lowest BCUT2D eigenvalue weighted by molar-refractivity contribution is 0.468. The third kappa shape index (κ3) is 6.03. The van der Waals surface area contributed by atoms with E-state index in [-0.39, 0.29) is 0 Å². The summed E-state index contributed by atoms with van der Waals surface area (Å²) in [6, 6.07) is 6.25. The number of rotatable bonds is 10. The lowest BCUT2D eigenvalue weighted by Crippen LogP contribution is -2.22. The zero-order valence-corrected chi connectivity index (χ0v) is 14.2. The zero-order chi connectivity index (χ0) is 14.8. The Labute approximate surface area is 134 Å². The molecule has 1 unspecified atom stereocenters. The van der Waals surface area contributed by atoms with Crippen LogP contribution < -0.4 is 5.32 Å². The quantitative estimate of drug-likeness (QED) is 0.493. The Morgan fingerprint density at radius 3 is 2.45 bits per heavy atom. The highest BCUT2D eigenvalue weighted by molar-refractivity contribution is 6.42. The standard InChI is InChI=1S/C17H27Cl2N/c1-3-5-6-7-8-12-16(20-13-4-2)14-10-9-11-15(18)17(14)19/h9-11,16,20H,3-8,12-13H2,1-2H3. The molecule has 0 saturated heterocycles. The molecule has 0 radical (unpaired) electrons. The van der Waals surface area contributed by atoms with Crippen molar-refractivity contribution in [2.45, 2.75) is 64.8 Å². The number of benzene rings is 1. The number of nitrogens with one attached hydrogen (secondary N) is 1. The Morgan fingerprint density at radius 2 is 1.75 bits per heavy atom. The summed E-state index contributed by atoms with van der Waals surface area (Å²) >= 11 is 12.5. The topological polar surface area (TPSA) is 12.0 Å². The molecular formula is C17H27Cl2N. The summed E-state index contributed by atoms with van der Waals surface area (Å²) < 4.78 is 0.